The van der Waals surface area contributed by atoms with Gasteiger partial charge in [0, 0.05) is 0 Å². The van der Waals surface area contributed by atoms with Crippen LogP contribution < -0.4 is 10.5 Å². The summed E-state index contributed by atoms with van der Waals surface area (Å²) in [7, 11) is 0. The topological polar surface area (TPSA) is 76.9 Å². The first kappa shape index (κ1) is 13.9. The van der Waals surface area contributed by atoms with Crippen LogP contribution in [0.5, 0.6) is 11.6 Å². The highest BCUT2D eigenvalue weighted by molar-refractivity contribution is 5.55. The first-order valence-corrected chi connectivity index (χ1v) is 6.16. The summed E-state index contributed by atoms with van der Waals surface area (Å²) in [5.74, 6) is -0.184. The molecule has 1 aromatic heterocycles. The minimum Gasteiger partial charge on any atom is -0.436 e. The summed E-state index contributed by atoms with van der Waals surface area (Å²) >= 11 is 0. The number of rotatable bonds is 3. The van der Waals surface area contributed by atoms with Crippen molar-refractivity contribution in [1.82, 2.24) is 9.78 Å². The molecule has 0 unspecified atom stereocenters. The average molecular weight is 274 g/mol. The van der Waals surface area contributed by atoms with Gasteiger partial charge in [-0.25, -0.2) is 9.07 Å². The number of hydrogen-bond donors (Lipinski definition) is 1. The fourth-order valence-electron chi connectivity index (χ4n) is 1.79. The lowest BCUT2D eigenvalue weighted by molar-refractivity contribution is 0.387. The highest BCUT2D eigenvalue weighted by Crippen LogP contribution is 2.34. The minimum absolute atomic E-state index is 0.0279. The Kier molecular flexibility index (Phi) is 3.61. The quantitative estimate of drug-likeness (QED) is 0.932. The van der Waals surface area contributed by atoms with E-state index in [9.17, 15) is 4.39 Å². The van der Waals surface area contributed by atoms with Gasteiger partial charge in [0.2, 0.25) is 5.88 Å². The molecule has 2 N–H and O–H groups in total. The molecule has 1 heterocycles. The van der Waals surface area contributed by atoms with Gasteiger partial charge in [-0.2, -0.15) is 10.4 Å². The number of aryl methyl sites for hydroxylation is 1. The van der Waals surface area contributed by atoms with Crippen LogP contribution in [0.25, 0.3) is 0 Å². The van der Waals surface area contributed by atoms with E-state index in [1.807, 2.05) is 13.8 Å². The molecule has 0 aliphatic rings. The van der Waals surface area contributed by atoms with Gasteiger partial charge < -0.3 is 10.5 Å². The maximum absolute atomic E-state index is 13.6. The highest BCUT2D eigenvalue weighted by atomic mass is 19.1. The van der Waals surface area contributed by atoms with Crippen molar-refractivity contribution in [2.75, 3.05) is 5.73 Å². The zero-order valence-corrected chi connectivity index (χ0v) is 11.5. The predicted octanol–water partition coefficient (Wildman–Crippen LogP) is 3.16. The lowest BCUT2D eigenvalue weighted by atomic mass is 10.2. The van der Waals surface area contributed by atoms with Crippen molar-refractivity contribution in [3.05, 3.63) is 35.3 Å². The number of nitrogens with zero attached hydrogens (tertiary/aromatic N) is 3. The van der Waals surface area contributed by atoms with Gasteiger partial charge >= 0.3 is 0 Å². The van der Waals surface area contributed by atoms with E-state index in [4.69, 9.17) is 15.7 Å². The largest absolute Gasteiger partial charge is 0.436 e. The second kappa shape index (κ2) is 5.21. The van der Waals surface area contributed by atoms with Crippen molar-refractivity contribution in [2.45, 2.75) is 26.8 Å². The van der Waals surface area contributed by atoms with Crippen LogP contribution >= 0.6 is 0 Å². The van der Waals surface area contributed by atoms with Crippen molar-refractivity contribution >= 4 is 5.69 Å². The summed E-state index contributed by atoms with van der Waals surface area (Å²) in [6.07, 6.45) is 0. The number of nitrogen functional groups attached to an aromatic ring is 1. The van der Waals surface area contributed by atoms with Crippen molar-refractivity contribution in [3.8, 4) is 17.7 Å². The fourth-order valence-corrected chi connectivity index (χ4v) is 1.79. The van der Waals surface area contributed by atoms with Gasteiger partial charge in [0.15, 0.2) is 0 Å². The van der Waals surface area contributed by atoms with E-state index in [1.54, 1.807) is 17.7 Å². The van der Waals surface area contributed by atoms with Gasteiger partial charge in [-0.05, 0) is 32.9 Å². The van der Waals surface area contributed by atoms with Gasteiger partial charge in [0.25, 0.3) is 0 Å². The van der Waals surface area contributed by atoms with Crippen molar-refractivity contribution < 1.29 is 9.13 Å². The van der Waals surface area contributed by atoms with Gasteiger partial charge in [-0.3, -0.25) is 0 Å². The van der Waals surface area contributed by atoms with Gasteiger partial charge in [-0.15, -0.1) is 0 Å². The van der Waals surface area contributed by atoms with E-state index in [0.717, 1.165) is 0 Å². The molecule has 0 amide bonds. The minimum atomic E-state index is -0.629. The van der Waals surface area contributed by atoms with Gasteiger partial charge in [-0.1, -0.05) is 6.07 Å². The molecule has 6 heteroatoms. The third-order valence-electron chi connectivity index (χ3n) is 2.87. The maximum Gasteiger partial charge on any atom is 0.241 e. The number of nitriles is 1. The standard InChI is InChI=1S/C14H15FN4O/c1-8(2)19-14(13(17)9(3)18-19)20-12-6-4-5-11(15)10(12)7-16/h4-6,8H,17H2,1-3H3. The molecule has 5 nitrogen and oxygen atoms in total. The molecule has 0 bridgehead atoms. The Hall–Kier alpha value is -2.55. The second-order valence-electron chi connectivity index (χ2n) is 4.67. The van der Waals surface area contributed by atoms with E-state index < -0.39 is 5.82 Å². The Morgan fingerprint density at radius 2 is 2.15 bits per heavy atom. The fraction of sp³-hybridized carbons (Fsp3) is 0.286. The lowest BCUT2D eigenvalue weighted by Gasteiger charge is -2.13. The van der Waals surface area contributed by atoms with E-state index in [0.29, 0.717) is 17.3 Å². The molecule has 0 spiro atoms. The zero-order valence-electron chi connectivity index (χ0n) is 11.5. The molecule has 0 aliphatic carbocycles. The molecule has 104 valence electrons. The smallest absolute Gasteiger partial charge is 0.241 e. The SMILES string of the molecule is Cc1nn(C(C)C)c(Oc2cccc(F)c2C#N)c1N. The molecule has 1 aromatic carbocycles. The molecule has 0 fully saturated rings. The number of ether oxygens (including phenoxy) is 1. The molecule has 20 heavy (non-hydrogen) atoms. The molecule has 2 aromatic rings. The Bertz CT molecular complexity index is 685. The Balaban J connectivity index is 2.51. The van der Waals surface area contributed by atoms with Crippen molar-refractivity contribution in [2.24, 2.45) is 0 Å². The normalized spacial score (nSPS) is 10.6. The molecular formula is C14H15FN4O. The molecule has 0 radical (unpaired) electrons. The number of halogens is 1. The summed E-state index contributed by atoms with van der Waals surface area (Å²) < 4.78 is 20.8. The summed E-state index contributed by atoms with van der Waals surface area (Å²) in [6, 6.07) is 6.02. The van der Waals surface area contributed by atoms with Crippen molar-refractivity contribution in [3.63, 3.8) is 0 Å². The van der Waals surface area contributed by atoms with Crippen LogP contribution in [0.3, 0.4) is 0 Å². The second-order valence-corrected chi connectivity index (χ2v) is 4.67. The lowest BCUT2D eigenvalue weighted by Crippen LogP contribution is -2.06. The van der Waals surface area contributed by atoms with E-state index in [-0.39, 0.29) is 17.4 Å². The first-order valence-electron chi connectivity index (χ1n) is 6.16. The van der Waals surface area contributed by atoms with Crippen LogP contribution in [0.1, 0.15) is 31.1 Å². The number of benzene rings is 1. The van der Waals surface area contributed by atoms with E-state index in [1.165, 1.54) is 18.2 Å². The Labute approximate surface area is 116 Å². The molecular weight excluding hydrogens is 259 g/mol. The van der Waals surface area contributed by atoms with Gasteiger partial charge in [0.05, 0.1) is 11.7 Å². The molecule has 0 atom stereocenters. The first-order chi connectivity index (χ1) is 9.45. The predicted molar refractivity (Wildman–Crippen MR) is 73.0 cm³/mol. The van der Waals surface area contributed by atoms with E-state index >= 15 is 0 Å². The molecule has 0 saturated heterocycles. The third-order valence-corrected chi connectivity index (χ3v) is 2.87. The third kappa shape index (κ3) is 2.30. The maximum atomic E-state index is 13.6. The summed E-state index contributed by atoms with van der Waals surface area (Å²) in [5, 5.41) is 13.3. The Morgan fingerprint density at radius 3 is 2.75 bits per heavy atom. The van der Waals surface area contributed by atoms with Crippen LogP contribution in [-0.2, 0) is 0 Å². The number of anilines is 1. The van der Waals surface area contributed by atoms with Crippen LogP contribution in [0, 0.1) is 24.1 Å². The van der Waals surface area contributed by atoms with Crippen molar-refractivity contribution in [1.29, 1.82) is 5.26 Å². The molecule has 2 rings (SSSR count). The molecule has 0 aliphatic heterocycles. The van der Waals surface area contributed by atoms with Gasteiger partial charge in [0.1, 0.15) is 28.9 Å². The highest BCUT2D eigenvalue weighted by Gasteiger charge is 2.19. The number of aromatic nitrogens is 2. The molecule has 0 saturated carbocycles. The number of hydrogen-bond acceptors (Lipinski definition) is 4. The summed E-state index contributed by atoms with van der Waals surface area (Å²) in [6.45, 7) is 5.61. The van der Waals surface area contributed by atoms with E-state index in [2.05, 4.69) is 5.10 Å². The monoisotopic (exact) mass is 274 g/mol. The Morgan fingerprint density at radius 1 is 1.45 bits per heavy atom. The van der Waals surface area contributed by atoms with Crippen LogP contribution in [-0.4, -0.2) is 9.78 Å². The number of nitrogens with two attached hydrogens (primary N) is 1. The summed E-state index contributed by atoms with van der Waals surface area (Å²) in [5.41, 5.74) is 6.79. The summed E-state index contributed by atoms with van der Waals surface area (Å²) in [4.78, 5) is 0. The van der Waals surface area contributed by atoms with Crippen LogP contribution in [0.15, 0.2) is 18.2 Å². The van der Waals surface area contributed by atoms with Crippen LogP contribution in [0.2, 0.25) is 0 Å². The zero-order chi connectivity index (χ0) is 14.9. The average Bonchev–Trinajstić information content (AvgIpc) is 2.67. The van der Waals surface area contributed by atoms with Crippen LogP contribution in [0.4, 0.5) is 10.1 Å².